The lowest BCUT2D eigenvalue weighted by Gasteiger charge is -2.24. The Bertz CT molecular complexity index is 1060. The number of nitrogens with zero attached hydrogens (tertiary/aromatic N) is 3. The van der Waals surface area contributed by atoms with Crippen molar-refractivity contribution in [2.45, 2.75) is 37.5 Å². The van der Waals surface area contributed by atoms with Crippen LogP contribution < -0.4 is 0 Å². The fraction of sp³-hybridized carbons (Fsp3) is 0.476. The minimum absolute atomic E-state index is 0.0389. The Morgan fingerprint density at radius 1 is 1.32 bits per heavy atom. The monoisotopic (exact) mass is 467 g/mol. The van der Waals surface area contributed by atoms with E-state index < -0.39 is 21.7 Å². The van der Waals surface area contributed by atoms with E-state index >= 15 is 0 Å². The summed E-state index contributed by atoms with van der Waals surface area (Å²) in [5, 5.41) is 0.579. The summed E-state index contributed by atoms with van der Waals surface area (Å²) >= 11 is 1.16. The molecule has 168 valence electrons. The van der Waals surface area contributed by atoms with Crippen molar-refractivity contribution < 1.29 is 22.4 Å². The fourth-order valence-electron chi connectivity index (χ4n) is 3.56. The number of likely N-dealkylation sites (tertiary alicyclic amines) is 1. The molecule has 1 aliphatic rings. The third-order valence-corrected chi connectivity index (χ3v) is 8.09. The molecule has 1 aromatic heterocycles. The number of rotatable bonds is 10. The minimum Gasteiger partial charge on any atom is -0.343 e. The van der Waals surface area contributed by atoms with E-state index in [9.17, 15) is 22.4 Å². The lowest BCUT2D eigenvalue weighted by molar-refractivity contribution is -0.127. The maximum Gasteiger partial charge on any atom is 0.246 e. The highest BCUT2D eigenvalue weighted by Gasteiger charge is 2.27. The maximum atomic E-state index is 13.7. The van der Waals surface area contributed by atoms with E-state index in [1.165, 1.54) is 12.1 Å². The van der Waals surface area contributed by atoms with Crippen LogP contribution in [-0.2, 0) is 19.6 Å². The third kappa shape index (κ3) is 5.94. The molecule has 0 spiro atoms. The van der Waals surface area contributed by atoms with Gasteiger partial charge in [0.1, 0.15) is 5.82 Å². The van der Waals surface area contributed by atoms with Crippen LogP contribution in [0.5, 0.6) is 0 Å². The molecule has 1 fully saturated rings. The number of thioether (sulfide) groups is 1. The SMILES string of the molecule is CCCS(=O)(=O)N(CCCN1CCCC1=O)C(=O)CSc1ccnc2ccc(F)cc12. The molecule has 0 saturated carbocycles. The second kappa shape index (κ2) is 10.4. The van der Waals surface area contributed by atoms with Crippen LogP contribution in [-0.4, -0.2) is 65.6 Å². The first-order chi connectivity index (χ1) is 14.8. The molecule has 2 aromatic rings. The molecule has 7 nitrogen and oxygen atoms in total. The first kappa shape index (κ1) is 23.5. The topological polar surface area (TPSA) is 87.7 Å². The molecule has 2 amide bonds. The molecule has 1 aromatic carbocycles. The van der Waals surface area contributed by atoms with Crippen molar-refractivity contribution in [2.24, 2.45) is 0 Å². The summed E-state index contributed by atoms with van der Waals surface area (Å²) in [6.45, 7) is 2.90. The van der Waals surface area contributed by atoms with Gasteiger partial charge in [0.05, 0.1) is 17.0 Å². The average molecular weight is 468 g/mol. The second-order valence-electron chi connectivity index (χ2n) is 7.38. The summed E-state index contributed by atoms with van der Waals surface area (Å²) in [6.07, 6.45) is 3.71. The number of hydrogen-bond donors (Lipinski definition) is 0. The van der Waals surface area contributed by atoms with E-state index in [2.05, 4.69) is 4.98 Å². The molecule has 31 heavy (non-hydrogen) atoms. The van der Waals surface area contributed by atoms with Gasteiger partial charge in [-0.2, -0.15) is 0 Å². The Hall–Kier alpha value is -2.20. The van der Waals surface area contributed by atoms with Crippen molar-refractivity contribution >= 4 is 44.5 Å². The van der Waals surface area contributed by atoms with Crippen LogP contribution in [0.3, 0.4) is 0 Å². The molecule has 10 heteroatoms. The maximum absolute atomic E-state index is 13.7. The lowest BCUT2D eigenvalue weighted by Crippen LogP contribution is -2.41. The third-order valence-electron chi connectivity index (χ3n) is 5.05. The zero-order valence-corrected chi connectivity index (χ0v) is 19.1. The van der Waals surface area contributed by atoms with Gasteiger partial charge in [0.15, 0.2) is 0 Å². The standard InChI is InChI=1S/C21H26FN3O4S2/c1-2-13-31(28,29)25(12-4-11-24-10-3-5-20(24)26)21(27)15-30-19-8-9-23-18-7-6-16(22)14-17(18)19/h6-9,14H,2-5,10-13,15H2,1H3. The number of carbonyl (C=O) groups is 2. The van der Waals surface area contributed by atoms with Gasteiger partial charge in [0.2, 0.25) is 21.8 Å². The Morgan fingerprint density at radius 2 is 2.13 bits per heavy atom. The average Bonchev–Trinajstić information content (AvgIpc) is 3.13. The summed E-state index contributed by atoms with van der Waals surface area (Å²) in [4.78, 5) is 31.2. The molecule has 0 bridgehead atoms. The van der Waals surface area contributed by atoms with Gasteiger partial charge in [0.25, 0.3) is 0 Å². The summed E-state index contributed by atoms with van der Waals surface area (Å²) in [5.41, 5.74) is 0.601. The number of hydrogen-bond acceptors (Lipinski definition) is 6. The predicted octanol–water partition coefficient (Wildman–Crippen LogP) is 3.05. The number of aromatic nitrogens is 1. The quantitative estimate of drug-likeness (QED) is 0.499. The summed E-state index contributed by atoms with van der Waals surface area (Å²) in [5.74, 6) is -1.07. The van der Waals surface area contributed by atoms with Crippen molar-refractivity contribution in [1.82, 2.24) is 14.2 Å². The molecule has 3 rings (SSSR count). The van der Waals surface area contributed by atoms with Crippen molar-refractivity contribution in [3.8, 4) is 0 Å². The number of fused-ring (bicyclic) bond motifs is 1. The number of amides is 2. The van der Waals surface area contributed by atoms with Gasteiger partial charge in [-0.1, -0.05) is 6.92 Å². The smallest absolute Gasteiger partial charge is 0.246 e. The van der Waals surface area contributed by atoms with E-state index in [-0.39, 0.29) is 24.0 Å². The van der Waals surface area contributed by atoms with Gasteiger partial charge in [-0.3, -0.25) is 14.6 Å². The van der Waals surface area contributed by atoms with E-state index in [1.807, 2.05) is 0 Å². The van der Waals surface area contributed by atoms with Crippen LogP contribution in [0.25, 0.3) is 10.9 Å². The fourth-order valence-corrected chi connectivity index (χ4v) is 6.07. The first-order valence-corrected chi connectivity index (χ1v) is 12.9. The highest BCUT2D eigenvalue weighted by Crippen LogP contribution is 2.28. The Kier molecular flexibility index (Phi) is 7.88. The van der Waals surface area contributed by atoms with E-state index in [0.29, 0.717) is 48.2 Å². The number of carbonyl (C=O) groups excluding carboxylic acids is 2. The van der Waals surface area contributed by atoms with Crippen LogP contribution in [0.1, 0.15) is 32.6 Å². The predicted molar refractivity (Wildman–Crippen MR) is 119 cm³/mol. The van der Waals surface area contributed by atoms with Gasteiger partial charge in [-0.05, 0) is 43.5 Å². The minimum atomic E-state index is -3.74. The van der Waals surface area contributed by atoms with Gasteiger partial charge < -0.3 is 4.90 Å². The Balaban J connectivity index is 1.69. The van der Waals surface area contributed by atoms with Gasteiger partial charge in [-0.25, -0.2) is 17.1 Å². The Morgan fingerprint density at radius 3 is 2.84 bits per heavy atom. The summed E-state index contributed by atoms with van der Waals surface area (Å²) in [6, 6.07) is 5.92. The summed E-state index contributed by atoms with van der Waals surface area (Å²) < 4.78 is 40.0. The normalized spacial score (nSPS) is 14.4. The highest BCUT2D eigenvalue weighted by atomic mass is 32.2. The zero-order valence-electron chi connectivity index (χ0n) is 17.4. The van der Waals surface area contributed by atoms with Crippen molar-refractivity contribution in [2.75, 3.05) is 31.1 Å². The largest absolute Gasteiger partial charge is 0.343 e. The molecule has 0 aliphatic carbocycles. The molecule has 1 aliphatic heterocycles. The second-order valence-corrected chi connectivity index (χ2v) is 10.4. The molecule has 0 atom stereocenters. The number of halogens is 1. The number of benzene rings is 1. The van der Waals surface area contributed by atoms with Crippen LogP contribution >= 0.6 is 11.8 Å². The lowest BCUT2D eigenvalue weighted by atomic mass is 10.2. The molecular formula is C21H26FN3O4S2. The Labute approximate surface area is 186 Å². The van der Waals surface area contributed by atoms with Crippen LogP contribution in [0.2, 0.25) is 0 Å². The molecule has 0 unspecified atom stereocenters. The number of pyridine rings is 1. The molecule has 2 heterocycles. The number of sulfonamides is 1. The van der Waals surface area contributed by atoms with Crippen LogP contribution in [0.4, 0.5) is 4.39 Å². The molecule has 0 radical (unpaired) electrons. The van der Waals surface area contributed by atoms with Crippen molar-refractivity contribution in [3.05, 3.63) is 36.3 Å². The van der Waals surface area contributed by atoms with Crippen molar-refractivity contribution in [3.63, 3.8) is 0 Å². The summed E-state index contributed by atoms with van der Waals surface area (Å²) in [7, 11) is -3.74. The van der Waals surface area contributed by atoms with Gasteiger partial charge >= 0.3 is 0 Å². The van der Waals surface area contributed by atoms with Gasteiger partial charge in [-0.15, -0.1) is 11.8 Å². The molecule has 0 N–H and O–H groups in total. The molecule has 1 saturated heterocycles. The van der Waals surface area contributed by atoms with Crippen molar-refractivity contribution in [1.29, 1.82) is 0 Å². The van der Waals surface area contributed by atoms with Gasteiger partial charge in [0, 0.05) is 42.5 Å². The van der Waals surface area contributed by atoms with Crippen LogP contribution in [0, 0.1) is 5.82 Å². The van der Waals surface area contributed by atoms with E-state index in [0.717, 1.165) is 22.5 Å². The van der Waals surface area contributed by atoms with E-state index in [4.69, 9.17) is 0 Å². The highest BCUT2D eigenvalue weighted by molar-refractivity contribution is 8.00. The molecular weight excluding hydrogens is 441 g/mol. The van der Waals surface area contributed by atoms with Crippen LogP contribution in [0.15, 0.2) is 35.4 Å². The van der Waals surface area contributed by atoms with E-state index in [1.54, 1.807) is 30.2 Å². The zero-order chi connectivity index (χ0) is 22.4. The first-order valence-electron chi connectivity index (χ1n) is 10.3.